The number of ether oxygens (including phenoxy) is 2. The number of likely N-dealkylation sites (tertiary alicyclic amines) is 1. The molecule has 25 heavy (non-hydrogen) atoms. The van der Waals surface area contributed by atoms with Crippen LogP contribution in [-0.4, -0.2) is 51.2 Å². The Morgan fingerprint density at radius 2 is 1.72 bits per heavy atom. The van der Waals surface area contributed by atoms with Crippen LogP contribution in [0.15, 0.2) is 24.3 Å². The van der Waals surface area contributed by atoms with E-state index in [9.17, 15) is 4.79 Å². The highest BCUT2D eigenvalue weighted by atomic mass is 16.5. The van der Waals surface area contributed by atoms with Crippen molar-refractivity contribution in [1.82, 2.24) is 10.2 Å². The molecule has 1 aliphatic rings. The lowest BCUT2D eigenvalue weighted by molar-refractivity contribution is -0.116. The molecule has 0 aliphatic carbocycles. The average Bonchev–Trinajstić information content (AvgIpc) is 2.92. The van der Waals surface area contributed by atoms with Crippen molar-refractivity contribution >= 4 is 12.0 Å². The van der Waals surface area contributed by atoms with E-state index in [4.69, 9.17) is 9.47 Å². The highest BCUT2D eigenvalue weighted by molar-refractivity contribution is 5.91. The first-order chi connectivity index (χ1) is 12.2. The van der Waals surface area contributed by atoms with Gasteiger partial charge in [-0.1, -0.05) is 12.8 Å². The van der Waals surface area contributed by atoms with Crippen molar-refractivity contribution in [1.29, 1.82) is 0 Å². The third-order valence-corrected chi connectivity index (χ3v) is 4.45. The molecule has 1 amide bonds. The van der Waals surface area contributed by atoms with Crippen molar-refractivity contribution in [2.24, 2.45) is 0 Å². The van der Waals surface area contributed by atoms with Crippen LogP contribution in [0.1, 0.15) is 37.7 Å². The summed E-state index contributed by atoms with van der Waals surface area (Å²) >= 11 is 0. The van der Waals surface area contributed by atoms with Crippen molar-refractivity contribution in [3.63, 3.8) is 0 Å². The van der Waals surface area contributed by atoms with Crippen LogP contribution in [-0.2, 0) is 4.79 Å². The first-order valence-corrected chi connectivity index (χ1v) is 9.12. The monoisotopic (exact) mass is 346 g/mol. The Kier molecular flexibility index (Phi) is 8.32. The number of carbonyl (C=O) groups is 1. The number of hydrogen-bond acceptors (Lipinski definition) is 4. The maximum atomic E-state index is 12.0. The zero-order valence-corrected chi connectivity index (χ0v) is 15.4. The van der Waals surface area contributed by atoms with Crippen LogP contribution >= 0.6 is 0 Å². The Morgan fingerprint density at radius 3 is 2.32 bits per heavy atom. The first kappa shape index (κ1) is 19.3. The lowest BCUT2D eigenvalue weighted by Crippen LogP contribution is -2.30. The molecule has 1 aliphatic heterocycles. The Bertz CT molecular complexity index is 542. The minimum absolute atomic E-state index is 0.0716. The Labute approximate surface area is 151 Å². The molecule has 0 unspecified atom stereocenters. The van der Waals surface area contributed by atoms with Gasteiger partial charge in [-0.05, 0) is 62.7 Å². The number of hydrogen-bond donors (Lipinski definition) is 1. The summed E-state index contributed by atoms with van der Waals surface area (Å²) in [6.07, 6.45) is 9.64. The van der Waals surface area contributed by atoms with Gasteiger partial charge in [0.05, 0.1) is 14.2 Å². The topological polar surface area (TPSA) is 50.8 Å². The smallest absolute Gasteiger partial charge is 0.243 e. The van der Waals surface area contributed by atoms with Crippen molar-refractivity contribution in [3.8, 4) is 11.5 Å². The number of methoxy groups -OCH3 is 2. The summed E-state index contributed by atoms with van der Waals surface area (Å²) in [7, 11) is 3.22. The van der Waals surface area contributed by atoms with Gasteiger partial charge in [0.25, 0.3) is 0 Å². The molecule has 0 spiro atoms. The molecule has 1 fully saturated rings. The highest BCUT2D eigenvalue weighted by Crippen LogP contribution is 2.23. The molecule has 2 rings (SSSR count). The summed E-state index contributed by atoms with van der Waals surface area (Å²) in [4.78, 5) is 14.5. The second-order valence-corrected chi connectivity index (χ2v) is 6.38. The van der Waals surface area contributed by atoms with Crippen LogP contribution in [0.5, 0.6) is 11.5 Å². The highest BCUT2D eigenvalue weighted by Gasteiger charge is 2.08. The molecule has 1 heterocycles. The fourth-order valence-corrected chi connectivity index (χ4v) is 3.03. The van der Waals surface area contributed by atoms with E-state index in [1.54, 1.807) is 32.4 Å². The largest absolute Gasteiger partial charge is 0.497 e. The standard InChI is InChI=1S/C20H30N2O3/c1-24-18-14-17(15-19(16-18)25-2)8-9-20(23)21-10-7-13-22-11-5-3-4-6-12-22/h8-9,14-16H,3-7,10-13H2,1-2H3,(H,21,23)/b9-8+. The van der Waals surface area contributed by atoms with Crippen molar-refractivity contribution in [2.45, 2.75) is 32.1 Å². The Hall–Kier alpha value is -2.01. The van der Waals surface area contributed by atoms with E-state index in [1.165, 1.54) is 38.8 Å². The number of nitrogens with one attached hydrogen (secondary N) is 1. The SMILES string of the molecule is COc1cc(/C=C/C(=O)NCCCN2CCCCCC2)cc(OC)c1. The summed E-state index contributed by atoms with van der Waals surface area (Å²) in [5.41, 5.74) is 0.871. The molecule has 1 N–H and O–H groups in total. The van der Waals surface area contributed by atoms with E-state index >= 15 is 0 Å². The van der Waals surface area contributed by atoms with Gasteiger partial charge < -0.3 is 19.7 Å². The van der Waals surface area contributed by atoms with Gasteiger partial charge in [0.1, 0.15) is 11.5 Å². The molecule has 1 saturated heterocycles. The molecule has 0 atom stereocenters. The minimum Gasteiger partial charge on any atom is -0.497 e. The fraction of sp³-hybridized carbons (Fsp3) is 0.550. The molecule has 0 aromatic heterocycles. The fourth-order valence-electron chi connectivity index (χ4n) is 3.03. The maximum absolute atomic E-state index is 12.0. The van der Waals surface area contributed by atoms with Crippen LogP contribution in [0, 0.1) is 0 Å². The summed E-state index contributed by atoms with van der Waals surface area (Å²) in [5, 5.41) is 2.95. The van der Waals surface area contributed by atoms with Gasteiger partial charge in [-0.25, -0.2) is 0 Å². The molecule has 1 aromatic carbocycles. The van der Waals surface area contributed by atoms with E-state index in [-0.39, 0.29) is 5.91 Å². The summed E-state index contributed by atoms with van der Waals surface area (Å²) in [6, 6.07) is 5.54. The molecule has 5 heteroatoms. The molecular weight excluding hydrogens is 316 g/mol. The van der Waals surface area contributed by atoms with Gasteiger partial charge >= 0.3 is 0 Å². The molecule has 138 valence electrons. The van der Waals surface area contributed by atoms with Gasteiger partial charge in [0, 0.05) is 18.7 Å². The van der Waals surface area contributed by atoms with E-state index in [2.05, 4.69) is 10.2 Å². The van der Waals surface area contributed by atoms with E-state index < -0.39 is 0 Å². The van der Waals surface area contributed by atoms with Crippen LogP contribution in [0.25, 0.3) is 6.08 Å². The number of rotatable bonds is 8. The lowest BCUT2D eigenvalue weighted by Gasteiger charge is -2.19. The van der Waals surface area contributed by atoms with Crippen molar-refractivity contribution in [2.75, 3.05) is 40.4 Å². The molecule has 0 saturated carbocycles. The van der Waals surface area contributed by atoms with Gasteiger partial charge in [-0.3, -0.25) is 4.79 Å². The maximum Gasteiger partial charge on any atom is 0.243 e. The second kappa shape index (κ2) is 10.8. The Balaban J connectivity index is 1.73. The number of amides is 1. The molecule has 5 nitrogen and oxygen atoms in total. The predicted molar refractivity (Wildman–Crippen MR) is 101 cm³/mol. The first-order valence-electron chi connectivity index (χ1n) is 9.12. The molecule has 1 aromatic rings. The summed E-state index contributed by atoms with van der Waals surface area (Å²) < 4.78 is 10.5. The zero-order chi connectivity index (χ0) is 17.9. The molecule has 0 radical (unpaired) electrons. The van der Waals surface area contributed by atoms with Crippen LogP contribution < -0.4 is 14.8 Å². The van der Waals surface area contributed by atoms with Gasteiger partial charge in [-0.2, -0.15) is 0 Å². The van der Waals surface area contributed by atoms with Gasteiger partial charge in [0.15, 0.2) is 0 Å². The predicted octanol–water partition coefficient (Wildman–Crippen LogP) is 3.10. The summed E-state index contributed by atoms with van der Waals surface area (Å²) in [6.45, 7) is 4.18. The van der Waals surface area contributed by atoms with Gasteiger partial charge in [0.2, 0.25) is 5.91 Å². The minimum atomic E-state index is -0.0716. The second-order valence-electron chi connectivity index (χ2n) is 6.38. The average molecular weight is 346 g/mol. The van der Waals surface area contributed by atoms with Crippen molar-refractivity contribution in [3.05, 3.63) is 29.8 Å². The van der Waals surface area contributed by atoms with E-state index in [0.717, 1.165) is 18.5 Å². The Morgan fingerprint density at radius 1 is 1.08 bits per heavy atom. The third kappa shape index (κ3) is 7.18. The lowest BCUT2D eigenvalue weighted by atomic mass is 10.2. The van der Waals surface area contributed by atoms with Crippen molar-refractivity contribution < 1.29 is 14.3 Å². The van der Waals surface area contributed by atoms with E-state index in [0.29, 0.717) is 18.0 Å². The van der Waals surface area contributed by atoms with Gasteiger partial charge in [-0.15, -0.1) is 0 Å². The number of benzene rings is 1. The molecule has 0 bridgehead atoms. The van der Waals surface area contributed by atoms with Crippen LogP contribution in [0.3, 0.4) is 0 Å². The third-order valence-electron chi connectivity index (χ3n) is 4.45. The number of nitrogens with zero attached hydrogens (tertiary/aromatic N) is 1. The van der Waals surface area contributed by atoms with E-state index in [1.807, 2.05) is 12.1 Å². The van der Waals surface area contributed by atoms with Crippen LogP contribution in [0.2, 0.25) is 0 Å². The summed E-state index contributed by atoms with van der Waals surface area (Å²) in [5.74, 6) is 1.34. The normalized spacial score (nSPS) is 15.8. The quantitative estimate of drug-likeness (QED) is 0.580. The number of carbonyl (C=O) groups excluding carboxylic acids is 1. The van der Waals surface area contributed by atoms with Crippen LogP contribution in [0.4, 0.5) is 0 Å². The zero-order valence-electron chi connectivity index (χ0n) is 15.4. The molecular formula is C20H30N2O3.